The molecule has 26 heavy (non-hydrogen) atoms. The maximum absolute atomic E-state index is 12.5. The lowest BCUT2D eigenvalue weighted by Crippen LogP contribution is -2.15. The van der Waals surface area contributed by atoms with E-state index < -0.39 is 19.2 Å². The summed E-state index contributed by atoms with van der Waals surface area (Å²) in [4.78, 5) is 27.7. The lowest BCUT2D eigenvalue weighted by Gasteiger charge is -2.07. The summed E-state index contributed by atoms with van der Waals surface area (Å²) in [7, 11) is 0. The molecule has 1 aromatic heterocycles. The first-order chi connectivity index (χ1) is 12.5. The number of Topliss-reactive ketones (excluding diaryl/α,β-unsaturated/α-hetero) is 1. The highest BCUT2D eigenvalue weighted by atomic mass is 19.3. The zero-order valence-corrected chi connectivity index (χ0v) is 13.8. The minimum Gasteiger partial charge on any atom is -0.454 e. The van der Waals surface area contributed by atoms with Crippen LogP contribution in [-0.2, 0) is 4.74 Å². The molecule has 0 aliphatic rings. The van der Waals surface area contributed by atoms with Gasteiger partial charge >= 0.3 is 12.6 Å². The number of nitrogens with one attached hydrogen (secondary N) is 1. The van der Waals surface area contributed by atoms with E-state index in [0.717, 1.165) is 17.0 Å². The number of aryl methyl sites for hydroxylation is 1. The summed E-state index contributed by atoms with van der Waals surface area (Å²) >= 11 is 0. The minimum atomic E-state index is -2.99. The summed E-state index contributed by atoms with van der Waals surface area (Å²) in [6.45, 7) is -1.69. The minimum absolute atomic E-state index is 0.0200. The molecule has 0 unspecified atom stereocenters. The van der Waals surface area contributed by atoms with Crippen LogP contribution in [0.3, 0.4) is 0 Å². The van der Waals surface area contributed by atoms with Gasteiger partial charge in [0.1, 0.15) is 5.75 Å². The van der Waals surface area contributed by atoms with Gasteiger partial charge in [-0.05, 0) is 31.2 Å². The number of hydrogen-bond donors (Lipinski definition) is 1. The fourth-order valence-corrected chi connectivity index (χ4v) is 2.72. The fraction of sp³-hybridized carbons (Fsp3) is 0.158. The van der Waals surface area contributed by atoms with Crippen molar-refractivity contribution >= 4 is 22.7 Å². The summed E-state index contributed by atoms with van der Waals surface area (Å²) in [5.41, 5.74) is 1.98. The Kier molecular flexibility index (Phi) is 4.97. The van der Waals surface area contributed by atoms with Gasteiger partial charge in [-0.25, -0.2) is 4.79 Å². The van der Waals surface area contributed by atoms with Gasteiger partial charge in [0.2, 0.25) is 5.78 Å². The number of benzene rings is 2. The number of ketones is 1. The summed E-state index contributed by atoms with van der Waals surface area (Å²) < 4.78 is 33.8. The third-order valence-corrected chi connectivity index (χ3v) is 3.80. The molecule has 0 spiro atoms. The second kappa shape index (κ2) is 7.35. The Morgan fingerprint density at radius 3 is 2.65 bits per heavy atom. The largest absolute Gasteiger partial charge is 0.454 e. The molecular weight excluding hydrogens is 344 g/mol. The number of hydrogen-bond acceptors (Lipinski definition) is 4. The van der Waals surface area contributed by atoms with Crippen molar-refractivity contribution in [2.24, 2.45) is 0 Å². The van der Waals surface area contributed by atoms with Gasteiger partial charge in [-0.1, -0.05) is 24.3 Å². The number of aromatic nitrogens is 1. The predicted octanol–water partition coefficient (Wildman–Crippen LogP) is 4.12. The topological polar surface area (TPSA) is 68.4 Å². The normalized spacial score (nSPS) is 10.9. The van der Waals surface area contributed by atoms with Crippen LogP contribution >= 0.6 is 0 Å². The lowest BCUT2D eigenvalue weighted by atomic mass is 10.1. The van der Waals surface area contributed by atoms with Crippen molar-refractivity contribution in [3.63, 3.8) is 0 Å². The summed E-state index contributed by atoms with van der Waals surface area (Å²) in [5.74, 6) is -1.31. The third-order valence-electron chi connectivity index (χ3n) is 3.80. The molecule has 5 nitrogen and oxygen atoms in total. The quantitative estimate of drug-likeness (QED) is 0.531. The van der Waals surface area contributed by atoms with E-state index in [9.17, 15) is 18.4 Å². The van der Waals surface area contributed by atoms with Crippen molar-refractivity contribution in [1.82, 2.24) is 4.98 Å². The molecule has 134 valence electrons. The summed E-state index contributed by atoms with van der Waals surface area (Å²) in [6.07, 6.45) is 0. The number of alkyl halides is 2. The SMILES string of the molecule is Cc1[nH]c2ccccc2c1C(=O)COC(=O)c1cccc(OC(F)F)c1. The molecule has 0 aliphatic heterocycles. The molecule has 0 saturated heterocycles. The molecule has 0 amide bonds. The number of rotatable bonds is 6. The van der Waals surface area contributed by atoms with Crippen LogP contribution in [0.15, 0.2) is 48.5 Å². The van der Waals surface area contributed by atoms with E-state index in [0.29, 0.717) is 11.3 Å². The molecule has 0 aliphatic carbocycles. The van der Waals surface area contributed by atoms with Crippen molar-refractivity contribution in [2.45, 2.75) is 13.5 Å². The molecule has 0 fully saturated rings. The number of aromatic amines is 1. The van der Waals surface area contributed by atoms with Crippen molar-refractivity contribution in [3.05, 3.63) is 65.4 Å². The first-order valence-corrected chi connectivity index (χ1v) is 7.78. The number of carbonyl (C=O) groups excluding carboxylic acids is 2. The number of esters is 1. The molecule has 3 rings (SSSR count). The van der Waals surface area contributed by atoms with E-state index in [1.165, 1.54) is 18.2 Å². The van der Waals surface area contributed by atoms with Crippen molar-refractivity contribution in [1.29, 1.82) is 0 Å². The summed E-state index contributed by atoms with van der Waals surface area (Å²) in [5, 5.41) is 0.748. The van der Waals surface area contributed by atoms with Crippen LogP contribution in [0.1, 0.15) is 26.4 Å². The molecule has 0 saturated carbocycles. The molecule has 2 aromatic carbocycles. The average molecular weight is 359 g/mol. The Labute approximate surface area is 147 Å². The first-order valence-electron chi connectivity index (χ1n) is 7.78. The van der Waals surface area contributed by atoms with E-state index in [1.54, 1.807) is 13.0 Å². The number of halogens is 2. The van der Waals surface area contributed by atoms with Crippen molar-refractivity contribution < 1.29 is 27.8 Å². The lowest BCUT2D eigenvalue weighted by molar-refractivity contribution is -0.0499. The van der Waals surface area contributed by atoms with Crippen LogP contribution in [0.5, 0.6) is 5.75 Å². The average Bonchev–Trinajstić information content (AvgIpc) is 2.94. The zero-order valence-electron chi connectivity index (χ0n) is 13.8. The Morgan fingerprint density at radius 1 is 1.12 bits per heavy atom. The van der Waals surface area contributed by atoms with Crippen LogP contribution in [0.4, 0.5) is 8.78 Å². The Bertz CT molecular complexity index is 965. The van der Waals surface area contributed by atoms with Crippen LogP contribution in [0, 0.1) is 6.92 Å². The Morgan fingerprint density at radius 2 is 1.88 bits per heavy atom. The van der Waals surface area contributed by atoms with E-state index in [2.05, 4.69) is 9.72 Å². The molecule has 0 bridgehead atoms. The smallest absolute Gasteiger partial charge is 0.387 e. The van der Waals surface area contributed by atoms with Gasteiger partial charge in [-0.3, -0.25) is 4.79 Å². The van der Waals surface area contributed by atoms with Crippen LogP contribution in [-0.4, -0.2) is 30.0 Å². The fourth-order valence-electron chi connectivity index (χ4n) is 2.72. The first kappa shape index (κ1) is 17.6. The predicted molar refractivity (Wildman–Crippen MR) is 90.7 cm³/mol. The Balaban J connectivity index is 1.71. The molecular formula is C19H15F2NO4. The number of H-pyrrole nitrogens is 1. The number of carbonyl (C=O) groups is 2. The maximum Gasteiger partial charge on any atom is 0.387 e. The van der Waals surface area contributed by atoms with Gasteiger partial charge in [0, 0.05) is 22.2 Å². The number of para-hydroxylation sites is 1. The molecule has 1 N–H and O–H groups in total. The van der Waals surface area contributed by atoms with Gasteiger partial charge in [-0.2, -0.15) is 8.78 Å². The zero-order chi connectivity index (χ0) is 18.7. The van der Waals surface area contributed by atoms with Crippen molar-refractivity contribution in [2.75, 3.05) is 6.61 Å². The molecule has 3 aromatic rings. The second-order valence-corrected chi connectivity index (χ2v) is 5.58. The molecule has 0 atom stereocenters. The summed E-state index contributed by atoms with van der Waals surface area (Å²) in [6, 6.07) is 12.5. The standard InChI is InChI=1S/C19H15F2NO4/c1-11-17(14-7-2-3-8-15(14)22-11)16(23)10-25-18(24)12-5-4-6-13(9-12)26-19(20)21/h2-9,19,22H,10H2,1H3. The van der Waals surface area contributed by atoms with Gasteiger partial charge in [0.15, 0.2) is 6.61 Å². The van der Waals surface area contributed by atoms with Gasteiger partial charge in [-0.15, -0.1) is 0 Å². The molecule has 0 radical (unpaired) electrons. The molecule has 1 heterocycles. The van der Waals surface area contributed by atoms with Crippen LogP contribution in [0.25, 0.3) is 10.9 Å². The van der Waals surface area contributed by atoms with Gasteiger partial charge in [0.05, 0.1) is 5.56 Å². The van der Waals surface area contributed by atoms with Crippen LogP contribution in [0.2, 0.25) is 0 Å². The maximum atomic E-state index is 12.5. The van der Waals surface area contributed by atoms with E-state index >= 15 is 0 Å². The monoisotopic (exact) mass is 359 g/mol. The Hall–Kier alpha value is -3.22. The van der Waals surface area contributed by atoms with Crippen molar-refractivity contribution in [3.8, 4) is 5.75 Å². The van der Waals surface area contributed by atoms with E-state index in [1.807, 2.05) is 18.2 Å². The number of ether oxygens (including phenoxy) is 2. The van der Waals surface area contributed by atoms with E-state index in [-0.39, 0.29) is 17.1 Å². The highest BCUT2D eigenvalue weighted by molar-refractivity contribution is 6.10. The molecule has 7 heteroatoms. The third kappa shape index (κ3) is 3.72. The second-order valence-electron chi connectivity index (χ2n) is 5.58. The van der Waals surface area contributed by atoms with E-state index in [4.69, 9.17) is 4.74 Å². The van der Waals surface area contributed by atoms with Gasteiger partial charge < -0.3 is 14.5 Å². The number of fused-ring (bicyclic) bond motifs is 1. The van der Waals surface area contributed by atoms with Gasteiger partial charge in [0.25, 0.3) is 0 Å². The highest BCUT2D eigenvalue weighted by Gasteiger charge is 2.18. The van der Waals surface area contributed by atoms with Crippen LogP contribution < -0.4 is 4.74 Å². The highest BCUT2D eigenvalue weighted by Crippen LogP contribution is 2.22.